The molecule has 1 unspecified atom stereocenters. The van der Waals surface area contributed by atoms with Crippen LogP contribution in [0.2, 0.25) is 0 Å². The summed E-state index contributed by atoms with van der Waals surface area (Å²) >= 11 is 0. The summed E-state index contributed by atoms with van der Waals surface area (Å²) in [6.45, 7) is 9.13. The Kier molecular flexibility index (Phi) is 4.06. The van der Waals surface area contributed by atoms with Gasteiger partial charge in [0.25, 0.3) is 0 Å². The largest absolute Gasteiger partial charge is 0.329 e. The fraction of sp³-hybridized carbons (Fsp3) is 0.500. The molecule has 22 heavy (non-hydrogen) atoms. The smallest absolute Gasteiger partial charge is 0.0628 e. The van der Waals surface area contributed by atoms with Crippen LogP contribution in [0.4, 0.5) is 0 Å². The van der Waals surface area contributed by atoms with E-state index in [2.05, 4.69) is 49.0 Å². The van der Waals surface area contributed by atoms with Crippen molar-refractivity contribution in [2.45, 2.75) is 39.8 Å². The van der Waals surface area contributed by atoms with Crippen molar-refractivity contribution < 1.29 is 0 Å². The summed E-state index contributed by atoms with van der Waals surface area (Å²) in [4.78, 5) is 2.51. The van der Waals surface area contributed by atoms with E-state index in [0.29, 0.717) is 12.6 Å². The number of aromatic nitrogens is 2. The molecule has 2 aromatic rings. The van der Waals surface area contributed by atoms with Crippen molar-refractivity contribution >= 4 is 0 Å². The van der Waals surface area contributed by atoms with Crippen LogP contribution < -0.4 is 5.73 Å². The lowest BCUT2D eigenvalue weighted by Gasteiger charge is -2.24. The number of nitrogens with zero attached hydrogens (tertiary/aromatic N) is 3. The van der Waals surface area contributed by atoms with Gasteiger partial charge in [0, 0.05) is 38.4 Å². The van der Waals surface area contributed by atoms with Gasteiger partial charge in [-0.05, 0) is 43.9 Å². The quantitative estimate of drug-likeness (QED) is 0.943. The standard InChI is InChI=1S/C18H26N4/c1-12-5-6-15-11-22(18(10-19)17(15)9-12)8-7-16-13(2)20-21(4)14(16)3/h5-6,9,18H,7-8,10-11,19H2,1-4H3. The van der Waals surface area contributed by atoms with Gasteiger partial charge < -0.3 is 5.73 Å². The Morgan fingerprint density at radius 3 is 2.68 bits per heavy atom. The van der Waals surface area contributed by atoms with Gasteiger partial charge in [-0.2, -0.15) is 5.10 Å². The number of nitrogens with two attached hydrogens (primary N) is 1. The highest BCUT2D eigenvalue weighted by atomic mass is 15.3. The number of aryl methyl sites for hydroxylation is 3. The van der Waals surface area contributed by atoms with Crippen LogP contribution in [0, 0.1) is 20.8 Å². The molecule has 1 aromatic heterocycles. The molecule has 0 radical (unpaired) electrons. The third-order valence-electron chi connectivity index (χ3n) is 5.01. The fourth-order valence-corrected chi connectivity index (χ4v) is 3.64. The van der Waals surface area contributed by atoms with Gasteiger partial charge in [-0.25, -0.2) is 0 Å². The Morgan fingerprint density at radius 2 is 2.05 bits per heavy atom. The van der Waals surface area contributed by atoms with Crippen molar-refractivity contribution in [1.82, 2.24) is 14.7 Å². The molecule has 118 valence electrons. The Morgan fingerprint density at radius 1 is 1.27 bits per heavy atom. The Bertz CT molecular complexity index is 687. The van der Waals surface area contributed by atoms with Crippen LogP contribution in [0.15, 0.2) is 18.2 Å². The van der Waals surface area contributed by atoms with Crippen LogP contribution in [0.25, 0.3) is 0 Å². The molecule has 1 atom stereocenters. The van der Waals surface area contributed by atoms with E-state index >= 15 is 0 Å². The molecule has 0 saturated heterocycles. The van der Waals surface area contributed by atoms with E-state index in [-0.39, 0.29) is 0 Å². The number of rotatable bonds is 4. The number of hydrogen-bond acceptors (Lipinski definition) is 3. The van der Waals surface area contributed by atoms with Gasteiger partial charge in [0.15, 0.2) is 0 Å². The number of hydrogen-bond donors (Lipinski definition) is 1. The van der Waals surface area contributed by atoms with Crippen LogP contribution in [-0.2, 0) is 20.0 Å². The second kappa shape index (κ2) is 5.86. The average molecular weight is 298 g/mol. The van der Waals surface area contributed by atoms with Crippen molar-refractivity contribution in [2.75, 3.05) is 13.1 Å². The van der Waals surface area contributed by atoms with E-state index in [0.717, 1.165) is 25.2 Å². The number of benzene rings is 1. The molecule has 0 aliphatic carbocycles. The van der Waals surface area contributed by atoms with E-state index in [9.17, 15) is 0 Å². The first-order valence-corrected chi connectivity index (χ1v) is 8.04. The predicted octanol–water partition coefficient (Wildman–Crippen LogP) is 2.40. The molecule has 1 aliphatic rings. The van der Waals surface area contributed by atoms with Gasteiger partial charge in [0.05, 0.1) is 5.69 Å². The minimum Gasteiger partial charge on any atom is -0.329 e. The number of fused-ring (bicyclic) bond motifs is 1. The topological polar surface area (TPSA) is 47.1 Å². The minimum absolute atomic E-state index is 0.354. The van der Waals surface area contributed by atoms with E-state index in [1.165, 1.54) is 27.9 Å². The maximum Gasteiger partial charge on any atom is 0.0628 e. The highest BCUT2D eigenvalue weighted by Gasteiger charge is 2.29. The van der Waals surface area contributed by atoms with Crippen molar-refractivity contribution in [3.63, 3.8) is 0 Å². The second-order valence-corrected chi connectivity index (χ2v) is 6.45. The first-order chi connectivity index (χ1) is 10.5. The fourth-order valence-electron chi connectivity index (χ4n) is 3.64. The van der Waals surface area contributed by atoms with Gasteiger partial charge >= 0.3 is 0 Å². The molecule has 4 heteroatoms. The molecule has 0 amide bonds. The molecule has 3 rings (SSSR count). The summed E-state index contributed by atoms with van der Waals surface area (Å²) in [5, 5.41) is 4.52. The second-order valence-electron chi connectivity index (χ2n) is 6.45. The SMILES string of the molecule is Cc1ccc2c(c1)C(CN)N(CCc1c(C)nn(C)c1C)C2. The van der Waals surface area contributed by atoms with Crippen LogP contribution in [0.3, 0.4) is 0 Å². The summed E-state index contributed by atoms with van der Waals surface area (Å²) in [5.41, 5.74) is 14.0. The van der Waals surface area contributed by atoms with Crippen molar-refractivity contribution in [3.8, 4) is 0 Å². The summed E-state index contributed by atoms with van der Waals surface area (Å²) in [5.74, 6) is 0. The van der Waals surface area contributed by atoms with Gasteiger partial charge in [0.2, 0.25) is 0 Å². The van der Waals surface area contributed by atoms with Gasteiger partial charge in [0.1, 0.15) is 0 Å². The first kappa shape index (κ1) is 15.3. The molecule has 0 bridgehead atoms. The van der Waals surface area contributed by atoms with Gasteiger partial charge in [-0.15, -0.1) is 0 Å². The lowest BCUT2D eigenvalue weighted by Crippen LogP contribution is -2.30. The molecule has 0 saturated carbocycles. The summed E-state index contributed by atoms with van der Waals surface area (Å²) < 4.78 is 1.98. The average Bonchev–Trinajstić information content (AvgIpc) is 2.94. The molecular weight excluding hydrogens is 272 g/mol. The molecule has 2 heterocycles. The highest BCUT2D eigenvalue weighted by molar-refractivity contribution is 5.37. The maximum atomic E-state index is 6.06. The van der Waals surface area contributed by atoms with Gasteiger partial charge in [-0.3, -0.25) is 9.58 Å². The Labute approximate surface area is 132 Å². The van der Waals surface area contributed by atoms with Crippen LogP contribution >= 0.6 is 0 Å². The molecule has 1 aliphatic heterocycles. The van der Waals surface area contributed by atoms with Crippen LogP contribution in [0.5, 0.6) is 0 Å². The van der Waals surface area contributed by atoms with Crippen molar-refractivity contribution in [2.24, 2.45) is 12.8 Å². The molecule has 4 nitrogen and oxygen atoms in total. The third-order valence-corrected chi connectivity index (χ3v) is 5.01. The summed E-state index contributed by atoms with van der Waals surface area (Å²) in [7, 11) is 2.02. The Hall–Kier alpha value is -1.65. The molecule has 0 spiro atoms. The van der Waals surface area contributed by atoms with Gasteiger partial charge in [-0.1, -0.05) is 23.8 Å². The molecular formula is C18H26N4. The third kappa shape index (κ3) is 2.57. The zero-order valence-corrected chi connectivity index (χ0v) is 14.1. The lowest BCUT2D eigenvalue weighted by molar-refractivity contribution is 0.222. The normalized spacial score (nSPS) is 18.0. The van der Waals surface area contributed by atoms with E-state index in [1.807, 2.05) is 11.7 Å². The van der Waals surface area contributed by atoms with Crippen LogP contribution in [-0.4, -0.2) is 27.8 Å². The minimum atomic E-state index is 0.354. The first-order valence-electron chi connectivity index (χ1n) is 8.04. The predicted molar refractivity (Wildman–Crippen MR) is 89.8 cm³/mol. The van der Waals surface area contributed by atoms with Crippen molar-refractivity contribution in [1.29, 1.82) is 0 Å². The van der Waals surface area contributed by atoms with Crippen LogP contribution in [0.1, 0.15) is 39.7 Å². The van der Waals surface area contributed by atoms with E-state index in [4.69, 9.17) is 5.73 Å². The molecule has 0 fully saturated rings. The molecule has 2 N–H and O–H groups in total. The maximum absolute atomic E-state index is 6.06. The van der Waals surface area contributed by atoms with Crippen molar-refractivity contribution in [3.05, 3.63) is 51.8 Å². The van der Waals surface area contributed by atoms with E-state index < -0.39 is 0 Å². The summed E-state index contributed by atoms with van der Waals surface area (Å²) in [6.07, 6.45) is 1.04. The van der Waals surface area contributed by atoms with E-state index in [1.54, 1.807) is 0 Å². The zero-order valence-electron chi connectivity index (χ0n) is 14.1. The molecule has 1 aromatic carbocycles. The zero-order chi connectivity index (χ0) is 15.9. The lowest BCUT2D eigenvalue weighted by atomic mass is 10.0. The summed E-state index contributed by atoms with van der Waals surface area (Å²) in [6, 6.07) is 7.11. The Balaban J connectivity index is 1.76. The highest BCUT2D eigenvalue weighted by Crippen LogP contribution is 2.33. The monoisotopic (exact) mass is 298 g/mol.